The van der Waals surface area contributed by atoms with Gasteiger partial charge in [-0.25, -0.2) is 8.42 Å². The number of hydrogen-bond acceptors (Lipinski definition) is 4. The Morgan fingerprint density at radius 2 is 1.90 bits per heavy atom. The first-order valence-corrected chi connectivity index (χ1v) is 8.90. The van der Waals surface area contributed by atoms with E-state index in [1.165, 1.54) is 7.11 Å². The lowest BCUT2D eigenvalue weighted by atomic mass is 10.3. The third-order valence-corrected chi connectivity index (χ3v) is 5.72. The quantitative estimate of drug-likeness (QED) is 0.766. The molecule has 2 rings (SSSR count). The fraction of sp³-hybridized carbons (Fsp3) is 0.250. The number of aryl methyl sites for hydroxylation is 2. The third kappa shape index (κ3) is 3.24. The molecule has 0 amide bonds. The molecule has 1 aromatic heterocycles. The number of halogens is 2. The highest BCUT2D eigenvalue weighted by Gasteiger charge is 2.23. The smallest absolute Gasteiger partial charge is 0.265 e. The second kappa shape index (κ2) is 5.98. The summed E-state index contributed by atoms with van der Waals surface area (Å²) >= 11 is 6.66. The zero-order chi connectivity index (χ0) is 15.8. The van der Waals surface area contributed by atoms with Crippen LogP contribution in [-0.4, -0.2) is 25.7 Å². The van der Waals surface area contributed by atoms with Crippen LogP contribution in [0.15, 0.2) is 26.0 Å². The second-order valence-corrected chi connectivity index (χ2v) is 7.66. The minimum absolute atomic E-state index is 0.149. The van der Waals surface area contributed by atoms with Crippen molar-refractivity contribution in [1.29, 1.82) is 0 Å². The van der Waals surface area contributed by atoms with E-state index in [4.69, 9.17) is 4.74 Å². The van der Waals surface area contributed by atoms with E-state index < -0.39 is 10.0 Å². The van der Waals surface area contributed by atoms with Crippen LogP contribution in [-0.2, 0) is 10.0 Å². The van der Waals surface area contributed by atoms with E-state index in [1.54, 1.807) is 26.0 Å². The zero-order valence-corrected chi connectivity index (χ0v) is 15.5. The number of ether oxygens (including phenoxy) is 1. The Morgan fingerprint density at radius 3 is 2.43 bits per heavy atom. The first-order chi connectivity index (χ1) is 9.76. The van der Waals surface area contributed by atoms with Gasteiger partial charge in [-0.15, -0.1) is 0 Å². The summed E-state index contributed by atoms with van der Waals surface area (Å²) in [4.78, 5) is 0.149. The van der Waals surface area contributed by atoms with Crippen LogP contribution < -0.4 is 9.46 Å². The molecular weight excluding hydrogens is 426 g/mol. The monoisotopic (exact) mass is 437 g/mol. The molecule has 0 fully saturated rings. The summed E-state index contributed by atoms with van der Waals surface area (Å²) in [5.41, 5.74) is 1.29. The van der Waals surface area contributed by atoms with Gasteiger partial charge in [-0.05, 0) is 51.8 Å². The molecule has 0 saturated carbocycles. The van der Waals surface area contributed by atoms with Gasteiger partial charge < -0.3 is 4.74 Å². The van der Waals surface area contributed by atoms with Crippen LogP contribution in [0.3, 0.4) is 0 Å². The van der Waals surface area contributed by atoms with Crippen molar-refractivity contribution >= 4 is 47.6 Å². The van der Waals surface area contributed by atoms with Crippen LogP contribution in [0.4, 0.5) is 5.69 Å². The number of methoxy groups -OCH3 is 1. The molecule has 0 saturated heterocycles. The topological polar surface area (TPSA) is 84.1 Å². The Hall–Kier alpha value is -1.06. The number of rotatable bonds is 4. The predicted octanol–water partition coefficient (Wildman–Crippen LogP) is 3.36. The van der Waals surface area contributed by atoms with E-state index in [2.05, 4.69) is 46.8 Å². The Balaban J connectivity index is 2.47. The Labute approximate surface area is 139 Å². The van der Waals surface area contributed by atoms with Crippen LogP contribution >= 0.6 is 31.9 Å². The van der Waals surface area contributed by atoms with Crippen molar-refractivity contribution in [3.05, 3.63) is 32.5 Å². The van der Waals surface area contributed by atoms with E-state index in [1.807, 2.05) is 0 Å². The second-order valence-electron chi connectivity index (χ2n) is 4.34. The first kappa shape index (κ1) is 16.3. The van der Waals surface area contributed by atoms with Crippen LogP contribution in [0.5, 0.6) is 5.75 Å². The normalized spacial score (nSPS) is 11.5. The van der Waals surface area contributed by atoms with Crippen molar-refractivity contribution in [3.63, 3.8) is 0 Å². The number of anilines is 1. The molecule has 9 heteroatoms. The van der Waals surface area contributed by atoms with Crippen molar-refractivity contribution in [2.45, 2.75) is 18.7 Å². The number of aromatic nitrogens is 2. The summed E-state index contributed by atoms with van der Waals surface area (Å²) < 4.78 is 34.0. The SMILES string of the molecule is COc1cc(NS(=O)(=O)c2c(C)n[nH]c2C)c(Br)cc1Br. The Bertz CT molecular complexity index is 768. The molecule has 2 aromatic rings. The molecule has 0 atom stereocenters. The Morgan fingerprint density at radius 1 is 1.24 bits per heavy atom. The molecule has 0 aliphatic carbocycles. The molecule has 6 nitrogen and oxygen atoms in total. The lowest BCUT2D eigenvalue weighted by Gasteiger charge is -2.12. The Kier molecular flexibility index (Phi) is 4.64. The number of aromatic amines is 1. The lowest BCUT2D eigenvalue weighted by Crippen LogP contribution is -2.15. The van der Waals surface area contributed by atoms with Crippen molar-refractivity contribution in [1.82, 2.24) is 10.2 Å². The summed E-state index contributed by atoms with van der Waals surface area (Å²) in [5, 5.41) is 6.57. The molecule has 0 radical (unpaired) electrons. The van der Waals surface area contributed by atoms with Gasteiger partial charge in [0.15, 0.2) is 0 Å². The maximum atomic E-state index is 12.5. The summed E-state index contributed by atoms with van der Waals surface area (Å²) in [6.07, 6.45) is 0. The van der Waals surface area contributed by atoms with Crippen LogP contribution in [0.25, 0.3) is 0 Å². The first-order valence-electron chi connectivity index (χ1n) is 5.83. The summed E-state index contributed by atoms with van der Waals surface area (Å²) in [6.45, 7) is 3.29. The highest BCUT2D eigenvalue weighted by molar-refractivity contribution is 9.11. The van der Waals surface area contributed by atoms with E-state index in [9.17, 15) is 8.42 Å². The molecule has 0 unspecified atom stereocenters. The standard InChI is InChI=1S/C12H13Br2N3O3S/c1-6-12(7(2)16-15-6)21(18,19)17-10-5-11(20-3)9(14)4-8(10)13/h4-5,17H,1-3H3,(H,15,16). The number of H-pyrrole nitrogens is 1. The highest BCUT2D eigenvalue weighted by Crippen LogP contribution is 2.35. The van der Waals surface area contributed by atoms with Crippen molar-refractivity contribution in [2.24, 2.45) is 0 Å². The van der Waals surface area contributed by atoms with Gasteiger partial charge in [0.2, 0.25) is 0 Å². The van der Waals surface area contributed by atoms with E-state index in [0.29, 0.717) is 27.3 Å². The van der Waals surface area contributed by atoms with Crippen LogP contribution in [0, 0.1) is 13.8 Å². The molecule has 0 bridgehead atoms. The number of benzene rings is 1. The average Bonchev–Trinajstić information content (AvgIpc) is 2.73. The van der Waals surface area contributed by atoms with Gasteiger partial charge in [-0.2, -0.15) is 5.10 Å². The molecule has 1 aromatic carbocycles. The summed E-state index contributed by atoms with van der Waals surface area (Å²) in [6, 6.07) is 3.31. The zero-order valence-electron chi connectivity index (χ0n) is 11.5. The molecule has 0 aliphatic heterocycles. The van der Waals surface area contributed by atoms with Crippen LogP contribution in [0.1, 0.15) is 11.4 Å². The van der Waals surface area contributed by atoms with Gasteiger partial charge in [-0.3, -0.25) is 9.82 Å². The highest BCUT2D eigenvalue weighted by atomic mass is 79.9. The predicted molar refractivity (Wildman–Crippen MR) is 87.3 cm³/mol. The molecule has 21 heavy (non-hydrogen) atoms. The number of nitrogens with one attached hydrogen (secondary N) is 2. The molecule has 1 heterocycles. The molecule has 0 aliphatic rings. The van der Waals surface area contributed by atoms with Gasteiger partial charge in [-0.1, -0.05) is 0 Å². The largest absolute Gasteiger partial charge is 0.495 e. The third-order valence-electron chi connectivity index (χ3n) is 2.82. The van der Waals surface area contributed by atoms with E-state index >= 15 is 0 Å². The lowest BCUT2D eigenvalue weighted by molar-refractivity contribution is 0.412. The number of nitrogens with zero attached hydrogens (tertiary/aromatic N) is 1. The summed E-state index contributed by atoms with van der Waals surface area (Å²) in [5.74, 6) is 0.525. The number of hydrogen-bond donors (Lipinski definition) is 2. The minimum Gasteiger partial charge on any atom is -0.495 e. The van der Waals surface area contributed by atoms with Gasteiger partial charge in [0.1, 0.15) is 10.6 Å². The van der Waals surface area contributed by atoms with Gasteiger partial charge in [0.25, 0.3) is 10.0 Å². The van der Waals surface area contributed by atoms with Gasteiger partial charge >= 0.3 is 0 Å². The molecule has 0 spiro atoms. The van der Waals surface area contributed by atoms with Gasteiger partial charge in [0.05, 0.1) is 28.7 Å². The van der Waals surface area contributed by atoms with Crippen molar-refractivity contribution in [3.8, 4) is 5.75 Å². The van der Waals surface area contributed by atoms with Crippen LogP contribution in [0.2, 0.25) is 0 Å². The average molecular weight is 439 g/mol. The number of sulfonamides is 1. The van der Waals surface area contributed by atoms with Crippen molar-refractivity contribution < 1.29 is 13.2 Å². The maximum absolute atomic E-state index is 12.5. The van der Waals surface area contributed by atoms with Crippen molar-refractivity contribution in [2.75, 3.05) is 11.8 Å². The fourth-order valence-corrected chi connectivity index (χ4v) is 4.73. The van der Waals surface area contributed by atoms with Gasteiger partial charge in [0, 0.05) is 10.5 Å². The fourth-order valence-electron chi connectivity index (χ4n) is 1.90. The van der Waals surface area contributed by atoms with E-state index in [0.717, 1.165) is 4.47 Å². The maximum Gasteiger partial charge on any atom is 0.265 e. The molecule has 114 valence electrons. The summed E-state index contributed by atoms with van der Waals surface area (Å²) in [7, 11) is -2.23. The minimum atomic E-state index is -3.74. The molecule has 2 N–H and O–H groups in total. The molecular formula is C12H13Br2N3O3S. The van der Waals surface area contributed by atoms with E-state index in [-0.39, 0.29) is 4.90 Å².